The number of benzene rings is 1. The molecule has 1 aromatic rings. The molecule has 0 aliphatic carbocycles. The van der Waals surface area contributed by atoms with Gasteiger partial charge in [0.15, 0.2) is 5.30 Å². The molecule has 72 valence electrons. The monoisotopic (exact) mass is 203 g/mol. The Balaban J connectivity index is 2.81. The number of hydrogen-bond donors (Lipinski definition) is 3. The molecule has 0 aliphatic heterocycles. The van der Waals surface area contributed by atoms with Crippen LogP contribution in [0.15, 0.2) is 24.3 Å². The van der Waals surface area contributed by atoms with Gasteiger partial charge in [-0.2, -0.15) is 14.7 Å². The largest absolute Gasteiger partial charge is 0.494 e. The first-order valence-electron chi connectivity index (χ1n) is 3.84. The highest BCUT2D eigenvalue weighted by molar-refractivity contribution is 7.66. The Kier molecular flexibility index (Phi) is 3.22. The van der Waals surface area contributed by atoms with E-state index < -0.39 is 7.94 Å². The van der Waals surface area contributed by atoms with Gasteiger partial charge in [0.25, 0.3) is 0 Å². The molecule has 5 heteroatoms. The maximum absolute atomic E-state index is 8.89. The van der Waals surface area contributed by atoms with Crippen molar-refractivity contribution in [3.05, 3.63) is 24.3 Å². The average molecular weight is 203 g/mol. The third-order valence-corrected chi connectivity index (χ3v) is 2.49. The molecule has 0 bridgehead atoms. The molecule has 0 aliphatic rings. The zero-order valence-corrected chi connectivity index (χ0v) is 8.11. The third kappa shape index (κ3) is 2.94. The van der Waals surface area contributed by atoms with Crippen molar-refractivity contribution in [2.75, 3.05) is 6.61 Å². The molecule has 0 amide bonds. The van der Waals surface area contributed by atoms with E-state index in [1.165, 1.54) is 12.1 Å². The SMILES string of the molecule is CCOc1ccc([P+](O)(O)O)cc1. The molecule has 1 aromatic carbocycles. The van der Waals surface area contributed by atoms with Crippen LogP contribution in [0.5, 0.6) is 5.75 Å². The molecular weight excluding hydrogens is 191 g/mol. The molecule has 3 N–H and O–H groups in total. The van der Waals surface area contributed by atoms with Gasteiger partial charge in [-0.3, -0.25) is 0 Å². The van der Waals surface area contributed by atoms with Crippen LogP contribution in [0.3, 0.4) is 0 Å². The lowest BCUT2D eigenvalue weighted by Crippen LogP contribution is -2.08. The second-order valence-corrected chi connectivity index (χ2v) is 4.15. The van der Waals surface area contributed by atoms with E-state index in [9.17, 15) is 0 Å². The zero-order chi connectivity index (χ0) is 9.90. The Labute approximate surface area is 77.0 Å². The highest BCUT2D eigenvalue weighted by atomic mass is 31.2. The van der Waals surface area contributed by atoms with Gasteiger partial charge in [0.2, 0.25) is 0 Å². The maximum atomic E-state index is 8.89. The fourth-order valence-electron chi connectivity index (χ4n) is 0.909. The van der Waals surface area contributed by atoms with E-state index >= 15 is 0 Å². The Bertz CT molecular complexity index is 264. The summed E-state index contributed by atoms with van der Waals surface area (Å²) < 4.78 is 5.14. The minimum Gasteiger partial charge on any atom is -0.494 e. The van der Waals surface area contributed by atoms with Gasteiger partial charge in [-0.1, -0.05) is 0 Å². The van der Waals surface area contributed by atoms with Gasteiger partial charge in [-0.15, -0.1) is 0 Å². The molecular formula is C8H12O4P+. The normalized spacial score (nSPS) is 11.4. The summed E-state index contributed by atoms with van der Waals surface area (Å²) in [6.45, 7) is 2.41. The fraction of sp³-hybridized carbons (Fsp3) is 0.250. The van der Waals surface area contributed by atoms with Gasteiger partial charge in [-0.25, -0.2) is 0 Å². The van der Waals surface area contributed by atoms with Crippen LogP contribution >= 0.6 is 7.94 Å². The molecule has 0 aromatic heterocycles. The average Bonchev–Trinajstić information content (AvgIpc) is 2.04. The lowest BCUT2D eigenvalue weighted by Gasteiger charge is -2.05. The molecule has 0 saturated carbocycles. The summed E-state index contributed by atoms with van der Waals surface area (Å²) in [6.07, 6.45) is 0. The number of rotatable bonds is 3. The minimum atomic E-state index is -3.86. The topological polar surface area (TPSA) is 69.9 Å². The molecule has 0 atom stereocenters. The second-order valence-electron chi connectivity index (χ2n) is 2.50. The van der Waals surface area contributed by atoms with E-state index in [1.54, 1.807) is 12.1 Å². The van der Waals surface area contributed by atoms with Gasteiger partial charge >= 0.3 is 7.94 Å². The summed E-state index contributed by atoms with van der Waals surface area (Å²) in [5.41, 5.74) is 0. The summed E-state index contributed by atoms with van der Waals surface area (Å²) in [7, 11) is -3.86. The predicted octanol–water partition coefficient (Wildman–Crippen LogP) is 0.450. The van der Waals surface area contributed by atoms with Crippen LogP contribution in [0.25, 0.3) is 0 Å². The molecule has 0 heterocycles. The van der Waals surface area contributed by atoms with E-state index in [0.29, 0.717) is 12.4 Å². The Morgan fingerprint density at radius 2 is 1.69 bits per heavy atom. The van der Waals surface area contributed by atoms with Crippen molar-refractivity contribution in [2.45, 2.75) is 6.92 Å². The quantitative estimate of drug-likeness (QED) is 0.624. The molecule has 4 nitrogen and oxygen atoms in total. The zero-order valence-electron chi connectivity index (χ0n) is 7.21. The van der Waals surface area contributed by atoms with Crippen LogP contribution in [-0.2, 0) is 0 Å². The standard InChI is InChI=1S/C8H12O4P/c1-2-12-7-3-5-8(6-4-7)13(9,10)11/h3-6,9-11H,2H2,1H3/q+1. The molecule has 0 radical (unpaired) electrons. The molecule has 0 fully saturated rings. The lowest BCUT2D eigenvalue weighted by molar-refractivity contribution is 0.339. The molecule has 13 heavy (non-hydrogen) atoms. The van der Waals surface area contributed by atoms with E-state index in [1.807, 2.05) is 6.92 Å². The summed E-state index contributed by atoms with van der Waals surface area (Å²) in [5, 5.41) is 0.121. The van der Waals surface area contributed by atoms with Gasteiger partial charge in [0, 0.05) is 0 Å². The van der Waals surface area contributed by atoms with Crippen molar-refractivity contribution < 1.29 is 19.4 Å². The van der Waals surface area contributed by atoms with Crippen molar-refractivity contribution in [3.8, 4) is 5.75 Å². The highest BCUT2D eigenvalue weighted by Gasteiger charge is 2.33. The fourth-order valence-corrected chi connectivity index (χ4v) is 1.46. The maximum Gasteiger partial charge on any atom is 0.440 e. The molecule has 0 saturated heterocycles. The number of ether oxygens (including phenoxy) is 1. The lowest BCUT2D eigenvalue weighted by atomic mass is 10.3. The van der Waals surface area contributed by atoms with E-state index in [-0.39, 0.29) is 5.30 Å². The molecule has 1 rings (SSSR count). The first-order valence-corrected chi connectivity index (χ1v) is 5.49. The van der Waals surface area contributed by atoms with Crippen LogP contribution in [0.4, 0.5) is 0 Å². The van der Waals surface area contributed by atoms with E-state index in [2.05, 4.69) is 0 Å². The van der Waals surface area contributed by atoms with Crippen LogP contribution in [0.2, 0.25) is 0 Å². The van der Waals surface area contributed by atoms with Crippen LogP contribution in [0, 0.1) is 0 Å². The van der Waals surface area contributed by atoms with Crippen LogP contribution in [-0.4, -0.2) is 21.3 Å². The van der Waals surface area contributed by atoms with Gasteiger partial charge < -0.3 is 4.74 Å². The van der Waals surface area contributed by atoms with Crippen molar-refractivity contribution >= 4 is 13.2 Å². The Morgan fingerprint density at radius 1 is 1.15 bits per heavy atom. The first kappa shape index (κ1) is 10.4. The second kappa shape index (κ2) is 4.03. The highest BCUT2D eigenvalue weighted by Crippen LogP contribution is 2.42. The Morgan fingerprint density at radius 3 is 2.08 bits per heavy atom. The van der Waals surface area contributed by atoms with E-state index in [0.717, 1.165) is 0 Å². The summed E-state index contributed by atoms with van der Waals surface area (Å²) in [5.74, 6) is 0.639. The van der Waals surface area contributed by atoms with E-state index in [4.69, 9.17) is 19.4 Å². The summed E-state index contributed by atoms with van der Waals surface area (Å²) >= 11 is 0. The third-order valence-electron chi connectivity index (χ3n) is 1.49. The van der Waals surface area contributed by atoms with Crippen molar-refractivity contribution in [1.82, 2.24) is 0 Å². The minimum absolute atomic E-state index is 0.121. The van der Waals surface area contributed by atoms with Crippen molar-refractivity contribution in [1.29, 1.82) is 0 Å². The van der Waals surface area contributed by atoms with Crippen LogP contribution in [0.1, 0.15) is 6.92 Å². The van der Waals surface area contributed by atoms with Gasteiger partial charge in [-0.05, 0) is 31.2 Å². The Hall–Kier alpha value is -0.670. The van der Waals surface area contributed by atoms with Crippen LogP contribution < -0.4 is 10.0 Å². The predicted molar refractivity (Wildman–Crippen MR) is 50.8 cm³/mol. The van der Waals surface area contributed by atoms with Gasteiger partial charge in [0.1, 0.15) is 5.75 Å². The summed E-state index contributed by atoms with van der Waals surface area (Å²) in [4.78, 5) is 26.7. The summed E-state index contributed by atoms with van der Waals surface area (Å²) in [6, 6.07) is 6.02. The first-order chi connectivity index (χ1) is 6.04. The molecule has 0 spiro atoms. The molecule has 0 unspecified atom stereocenters. The number of hydrogen-bond acceptors (Lipinski definition) is 4. The van der Waals surface area contributed by atoms with Crippen molar-refractivity contribution in [2.24, 2.45) is 0 Å². The van der Waals surface area contributed by atoms with Crippen molar-refractivity contribution in [3.63, 3.8) is 0 Å². The smallest absolute Gasteiger partial charge is 0.440 e. The van der Waals surface area contributed by atoms with Gasteiger partial charge in [0.05, 0.1) is 6.61 Å².